The highest BCUT2D eigenvalue weighted by atomic mass is 32.2. The van der Waals surface area contributed by atoms with E-state index in [0.717, 1.165) is 29.8 Å². The number of rotatable bonds is 7. The number of nitrogens with two attached hydrogens (primary N) is 1. The van der Waals surface area contributed by atoms with Crippen molar-refractivity contribution in [2.24, 2.45) is 0 Å². The van der Waals surface area contributed by atoms with Gasteiger partial charge in [-0.25, -0.2) is 14.4 Å². The molecule has 216 valence electrons. The Balaban J connectivity index is 0.000000385. The highest BCUT2D eigenvalue weighted by Gasteiger charge is 2.31. The number of halogens is 1. The second-order valence-electron chi connectivity index (χ2n) is 9.91. The topological polar surface area (TPSA) is 130 Å². The maximum absolute atomic E-state index is 13.9. The summed E-state index contributed by atoms with van der Waals surface area (Å²) in [4.78, 5) is 8.82. The summed E-state index contributed by atoms with van der Waals surface area (Å²) in [6.45, 7) is 8.72. The summed E-state index contributed by atoms with van der Waals surface area (Å²) in [6.07, 6.45) is 1.36. The second-order valence-corrected chi connectivity index (χ2v) is 11.7. The number of aryl methyl sites for hydroxylation is 1. The van der Waals surface area contributed by atoms with Gasteiger partial charge in [0.1, 0.15) is 34.4 Å². The minimum atomic E-state index is -0.358. The zero-order valence-corrected chi connectivity index (χ0v) is 25.4. The molecule has 1 saturated heterocycles. The maximum atomic E-state index is 13.9. The van der Waals surface area contributed by atoms with E-state index >= 15 is 0 Å². The van der Waals surface area contributed by atoms with E-state index in [2.05, 4.69) is 34.3 Å². The highest BCUT2D eigenvalue weighted by Crippen LogP contribution is 2.37. The number of thioether (sulfide) groups is 1. The molecular formula is C31H31FN6O2S2. The van der Waals surface area contributed by atoms with Crippen molar-refractivity contribution in [2.45, 2.75) is 56.8 Å². The SMILES string of the molecule is CCC1COC(C)(C)O1.Cc1ccc(-c2c(C#N)c(N)nc(SCc3csc(Nc4ccccc4F)n3)c2C#N)cc1. The molecule has 1 aliphatic heterocycles. The molecular weight excluding hydrogens is 572 g/mol. The largest absolute Gasteiger partial charge is 0.383 e. The van der Waals surface area contributed by atoms with E-state index in [-0.39, 0.29) is 23.0 Å². The van der Waals surface area contributed by atoms with Gasteiger partial charge in [-0.2, -0.15) is 10.5 Å². The fraction of sp³-hybridized carbons (Fsp3) is 0.290. The molecule has 11 heteroatoms. The molecule has 2 aromatic heterocycles. The van der Waals surface area contributed by atoms with Crippen LogP contribution in [0.1, 0.15) is 49.6 Å². The van der Waals surface area contributed by atoms with Gasteiger partial charge in [0.25, 0.3) is 0 Å². The third kappa shape index (κ3) is 7.64. The number of nitriles is 2. The van der Waals surface area contributed by atoms with Crippen molar-refractivity contribution in [1.82, 2.24) is 9.97 Å². The van der Waals surface area contributed by atoms with Crippen molar-refractivity contribution in [3.05, 3.63) is 82.1 Å². The molecule has 1 unspecified atom stereocenters. The fourth-order valence-electron chi connectivity index (χ4n) is 4.13. The quantitative estimate of drug-likeness (QED) is 0.206. The summed E-state index contributed by atoms with van der Waals surface area (Å²) in [5, 5.41) is 25.4. The summed E-state index contributed by atoms with van der Waals surface area (Å²) in [5.74, 6) is -0.186. The van der Waals surface area contributed by atoms with Crippen molar-refractivity contribution < 1.29 is 13.9 Å². The number of para-hydroxylation sites is 1. The van der Waals surface area contributed by atoms with Crippen LogP contribution in [0.5, 0.6) is 0 Å². The van der Waals surface area contributed by atoms with E-state index in [0.29, 0.717) is 38.8 Å². The summed E-state index contributed by atoms with van der Waals surface area (Å²) in [5.41, 5.74) is 9.94. The van der Waals surface area contributed by atoms with Gasteiger partial charge < -0.3 is 20.5 Å². The second kappa shape index (κ2) is 13.8. The van der Waals surface area contributed by atoms with Crippen molar-refractivity contribution in [3.63, 3.8) is 0 Å². The fourth-order valence-corrected chi connectivity index (χ4v) is 5.84. The van der Waals surface area contributed by atoms with Gasteiger partial charge in [-0.1, -0.05) is 60.6 Å². The van der Waals surface area contributed by atoms with Gasteiger partial charge in [-0.05, 0) is 44.9 Å². The predicted molar refractivity (Wildman–Crippen MR) is 165 cm³/mol. The monoisotopic (exact) mass is 602 g/mol. The Hall–Kier alpha value is -4.00. The summed E-state index contributed by atoms with van der Waals surface area (Å²) >= 11 is 2.67. The molecule has 0 radical (unpaired) electrons. The molecule has 2 aromatic carbocycles. The summed E-state index contributed by atoms with van der Waals surface area (Å²) in [6, 6.07) is 18.2. The third-order valence-electron chi connectivity index (χ3n) is 6.30. The van der Waals surface area contributed by atoms with Crippen LogP contribution in [-0.4, -0.2) is 28.5 Å². The van der Waals surface area contributed by atoms with Crippen LogP contribution < -0.4 is 11.1 Å². The van der Waals surface area contributed by atoms with Crippen LogP contribution in [0.3, 0.4) is 0 Å². The van der Waals surface area contributed by atoms with Crippen LogP contribution in [0.25, 0.3) is 11.1 Å². The number of anilines is 3. The number of hydrogen-bond acceptors (Lipinski definition) is 10. The number of pyridine rings is 1. The van der Waals surface area contributed by atoms with Gasteiger partial charge in [0.15, 0.2) is 10.9 Å². The number of thiazole rings is 1. The minimum absolute atomic E-state index is 0.0785. The Morgan fingerprint density at radius 1 is 1.12 bits per heavy atom. The number of hydrogen-bond donors (Lipinski definition) is 2. The summed E-state index contributed by atoms with van der Waals surface area (Å²) < 4.78 is 24.7. The first-order chi connectivity index (χ1) is 20.1. The van der Waals surface area contributed by atoms with E-state index in [1.807, 2.05) is 50.4 Å². The number of nitrogens with zero attached hydrogens (tertiary/aromatic N) is 4. The van der Waals surface area contributed by atoms with Crippen LogP contribution in [0.15, 0.2) is 58.9 Å². The van der Waals surface area contributed by atoms with Crippen molar-refractivity contribution in [3.8, 4) is 23.3 Å². The van der Waals surface area contributed by atoms with Crippen LogP contribution >= 0.6 is 23.1 Å². The molecule has 42 heavy (non-hydrogen) atoms. The van der Waals surface area contributed by atoms with E-state index < -0.39 is 0 Å². The lowest BCUT2D eigenvalue weighted by molar-refractivity contribution is -0.138. The lowest BCUT2D eigenvalue weighted by atomic mass is 9.96. The zero-order chi connectivity index (χ0) is 30.3. The molecule has 5 rings (SSSR count). The molecule has 0 saturated carbocycles. The van der Waals surface area contributed by atoms with Gasteiger partial charge in [0, 0.05) is 16.7 Å². The van der Waals surface area contributed by atoms with E-state index in [1.165, 1.54) is 29.2 Å². The molecule has 8 nitrogen and oxygen atoms in total. The molecule has 0 bridgehead atoms. The van der Waals surface area contributed by atoms with Crippen molar-refractivity contribution in [1.29, 1.82) is 10.5 Å². The first-order valence-corrected chi connectivity index (χ1v) is 15.1. The molecule has 3 N–H and O–H groups in total. The Labute approximate surface area is 253 Å². The maximum Gasteiger partial charge on any atom is 0.187 e. The Bertz CT molecular complexity index is 1630. The third-order valence-corrected chi connectivity index (χ3v) is 8.12. The molecule has 1 aliphatic rings. The van der Waals surface area contributed by atoms with Crippen LogP contribution in [0.4, 0.5) is 21.0 Å². The van der Waals surface area contributed by atoms with Gasteiger partial charge >= 0.3 is 0 Å². The molecule has 1 fully saturated rings. The van der Waals surface area contributed by atoms with Gasteiger partial charge in [0.2, 0.25) is 0 Å². The Kier molecular flexibility index (Phi) is 10.2. The average Bonchev–Trinajstić information content (AvgIpc) is 3.58. The summed E-state index contributed by atoms with van der Waals surface area (Å²) in [7, 11) is 0. The lowest BCUT2D eigenvalue weighted by Crippen LogP contribution is -2.21. The average molecular weight is 603 g/mol. The van der Waals surface area contributed by atoms with Crippen LogP contribution in [0, 0.1) is 35.4 Å². The molecule has 0 aliphatic carbocycles. The predicted octanol–water partition coefficient (Wildman–Crippen LogP) is 7.56. The van der Waals surface area contributed by atoms with Gasteiger partial charge in [-0.15, -0.1) is 11.3 Å². The van der Waals surface area contributed by atoms with E-state index in [1.54, 1.807) is 18.2 Å². The van der Waals surface area contributed by atoms with Gasteiger partial charge in [-0.3, -0.25) is 0 Å². The molecule has 1 atom stereocenters. The van der Waals surface area contributed by atoms with Gasteiger partial charge in [0.05, 0.1) is 29.7 Å². The number of aromatic nitrogens is 2. The van der Waals surface area contributed by atoms with E-state index in [4.69, 9.17) is 15.2 Å². The highest BCUT2D eigenvalue weighted by molar-refractivity contribution is 7.98. The Morgan fingerprint density at radius 2 is 1.83 bits per heavy atom. The van der Waals surface area contributed by atoms with Crippen LogP contribution in [-0.2, 0) is 15.2 Å². The number of benzene rings is 2. The lowest BCUT2D eigenvalue weighted by Gasteiger charge is -2.16. The van der Waals surface area contributed by atoms with Crippen molar-refractivity contribution in [2.75, 3.05) is 17.7 Å². The van der Waals surface area contributed by atoms with Crippen LogP contribution in [0.2, 0.25) is 0 Å². The number of nitrogens with one attached hydrogen (secondary N) is 1. The molecule has 0 amide bonds. The molecule has 3 heterocycles. The zero-order valence-electron chi connectivity index (χ0n) is 23.8. The van der Waals surface area contributed by atoms with E-state index in [9.17, 15) is 14.9 Å². The number of nitrogen functional groups attached to an aromatic ring is 1. The first kappa shape index (κ1) is 30.9. The molecule has 4 aromatic rings. The normalized spacial score (nSPS) is 15.3. The standard InChI is InChI=1S/C24H17FN6S2.C7H14O2/c1-14-6-8-15(9-7-14)21-17(10-26)22(28)31-23(18(21)11-27)32-12-16-13-33-24(29-16)30-20-5-3-2-4-19(20)25;1-4-6-5-8-7(2,3)9-6/h2-9,13H,12H2,1H3,(H2,28,31)(H,29,30);6H,4-5H2,1-3H3. The number of ether oxygens (including phenoxy) is 2. The minimum Gasteiger partial charge on any atom is -0.383 e. The smallest absolute Gasteiger partial charge is 0.187 e. The van der Waals surface area contributed by atoms with Crippen molar-refractivity contribution >= 4 is 39.7 Å². The molecule has 0 spiro atoms. The Morgan fingerprint density at radius 3 is 2.43 bits per heavy atom. The first-order valence-electron chi connectivity index (χ1n) is 13.2.